The van der Waals surface area contributed by atoms with Crippen LogP contribution in [-0.2, 0) is 33.3 Å². The van der Waals surface area contributed by atoms with Gasteiger partial charge in [-0.3, -0.25) is 0 Å². The number of rotatable bonds is 13. The molecule has 0 aliphatic carbocycles. The molecule has 1 aliphatic rings. The molecule has 2 unspecified atom stereocenters. The summed E-state index contributed by atoms with van der Waals surface area (Å²) in [7, 11) is 1.73. The predicted octanol–water partition coefficient (Wildman–Crippen LogP) is 3.39. The van der Waals surface area contributed by atoms with Crippen molar-refractivity contribution in [3.63, 3.8) is 0 Å². The van der Waals surface area contributed by atoms with Crippen LogP contribution >= 0.6 is 8.17 Å². The zero-order valence-electron chi connectivity index (χ0n) is 18.6. The molecule has 168 valence electrons. The van der Waals surface area contributed by atoms with Crippen molar-refractivity contribution in [2.75, 3.05) is 19.5 Å². The zero-order chi connectivity index (χ0) is 22.2. The Morgan fingerprint density at radius 3 is 2.21 bits per heavy atom. The maximum atomic E-state index is 12.6. The lowest BCUT2D eigenvalue weighted by atomic mass is 9.93. The van der Waals surface area contributed by atoms with Crippen molar-refractivity contribution in [3.8, 4) is 0 Å². The molecule has 1 heterocycles. The van der Waals surface area contributed by atoms with Gasteiger partial charge in [-0.15, -0.1) is 9.05 Å². The molecule has 8 nitrogen and oxygen atoms in total. The van der Waals surface area contributed by atoms with E-state index < -0.39 is 42.5 Å². The molecule has 0 aromatic heterocycles. The van der Waals surface area contributed by atoms with Gasteiger partial charge in [0.05, 0.1) is 22.6 Å². The highest BCUT2D eigenvalue weighted by Gasteiger charge is 2.49. The maximum absolute atomic E-state index is 12.6. The van der Waals surface area contributed by atoms with Crippen LogP contribution in [-0.4, -0.2) is 72.3 Å². The first-order valence-electron chi connectivity index (χ1n) is 10.2. The van der Waals surface area contributed by atoms with Crippen molar-refractivity contribution < 1.29 is 31.7 Å². The average Bonchev–Trinajstić information content (AvgIpc) is 2.91. The Morgan fingerprint density at radius 2 is 1.72 bits per heavy atom. The Labute approximate surface area is 178 Å². The van der Waals surface area contributed by atoms with E-state index in [0.717, 1.165) is 12.8 Å². The summed E-state index contributed by atoms with van der Waals surface area (Å²) in [6.07, 6.45) is -0.512. The van der Waals surface area contributed by atoms with Crippen LogP contribution in [0.15, 0.2) is 4.15 Å². The van der Waals surface area contributed by atoms with E-state index in [1.165, 1.54) is 7.11 Å². The van der Waals surface area contributed by atoms with Gasteiger partial charge in [0.25, 0.3) is 10.0 Å². The Balaban J connectivity index is 3.09. The second-order valence-corrected chi connectivity index (χ2v) is 10.7. The molecule has 1 saturated heterocycles. The molecular weight excluding hydrogens is 416 g/mol. The van der Waals surface area contributed by atoms with E-state index >= 15 is 0 Å². The van der Waals surface area contributed by atoms with Crippen LogP contribution in [0.25, 0.3) is 0 Å². The Hall–Kier alpha value is -0.0851. The van der Waals surface area contributed by atoms with Crippen LogP contribution in [0.4, 0.5) is 0 Å². The topological polar surface area (TPSA) is 92.7 Å². The van der Waals surface area contributed by atoms with E-state index in [1.54, 1.807) is 13.8 Å². The number of hydrogen-bond donors (Lipinski definition) is 0. The normalized spacial score (nSPS) is 26.2. The summed E-state index contributed by atoms with van der Waals surface area (Å²) in [5, 5.41) is 0. The van der Waals surface area contributed by atoms with Gasteiger partial charge in [0, 0.05) is 13.1 Å². The Kier molecular flexibility index (Phi) is 11.8. The van der Waals surface area contributed by atoms with Crippen LogP contribution in [0.5, 0.6) is 0 Å². The third-order valence-electron chi connectivity index (χ3n) is 4.52. The van der Waals surface area contributed by atoms with Crippen LogP contribution in [0.1, 0.15) is 54.4 Å². The Morgan fingerprint density at radius 1 is 1.10 bits per heavy atom. The van der Waals surface area contributed by atoms with E-state index in [-0.39, 0.29) is 30.5 Å². The van der Waals surface area contributed by atoms with Gasteiger partial charge in [0.15, 0.2) is 6.10 Å². The zero-order valence-corrected chi connectivity index (χ0v) is 20.3. The van der Waals surface area contributed by atoms with Gasteiger partial charge >= 0.3 is 8.17 Å². The Bertz CT molecular complexity index is 613. The lowest BCUT2D eigenvalue weighted by Gasteiger charge is -2.19. The third-order valence-corrected chi connectivity index (χ3v) is 7.96. The van der Waals surface area contributed by atoms with Crippen LogP contribution < -0.4 is 0 Å². The molecule has 1 aliphatic heterocycles. The second kappa shape index (κ2) is 12.7. The maximum Gasteiger partial charge on any atom is 0.577 e. The summed E-state index contributed by atoms with van der Waals surface area (Å²) >= 11 is 0. The minimum atomic E-state index is -3.71. The minimum absolute atomic E-state index is 0.00409. The standard InChI is InChI=1S/C18H36BNO7PS/c1-8-14(9-2)11-29(21,22)20-28(26-13(5)6)27-16-15(10-24-12(3)4)25-18(19)17(16)23-7/h12-18H,8-11H2,1-7H3/q+1/t15-,16?,17+,18-/m1/s1. The third kappa shape index (κ3) is 9.29. The summed E-state index contributed by atoms with van der Waals surface area (Å²) in [5.74, 6) is 0.0135. The van der Waals surface area contributed by atoms with Crippen molar-refractivity contribution >= 4 is 26.0 Å². The quantitative estimate of drug-likeness (QED) is 0.312. The fourth-order valence-electron chi connectivity index (χ4n) is 2.88. The lowest BCUT2D eigenvalue weighted by molar-refractivity contribution is -0.0435. The summed E-state index contributed by atoms with van der Waals surface area (Å²) < 4.78 is 57.7. The van der Waals surface area contributed by atoms with Gasteiger partial charge in [0.1, 0.15) is 26.2 Å². The first-order valence-corrected chi connectivity index (χ1v) is 12.9. The molecule has 1 rings (SSSR count). The van der Waals surface area contributed by atoms with E-state index in [1.807, 2.05) is 27.7 Å². The molecule has 0 N–H and O–H groups in total. The molecular formula is C18H36BNO7PS+. The predicted molar refractivity (Wildman–Crippen MR) is 115 cm³/mol. The molecule has 0 spiro atoms. The van der Waals surface area contributed by atoms with E-state index in [4.69, 9.17) is 31.1 Å². The van der Waals surface area contributed by atoms with Crippen molar-refractivity contribution in [2.45, 2.75) is 90.9 Å². The lowest BCUT2D eigenvalue weighted by Crippen LogP contribution is -2.37. The van der Waals surface area contributed by atoms with Crippen LogP contribution in [0, 0.1) is 5.92 Å². The SMILES string of the molecule is [B][C@@H]1O[C@H](COC(C)C)C(O[P+](=NS(=O)(=O)CC(CC)CC)OC(C)C)[C@@H]1OC. The number of sulfonamides is 1. The van der Waals surface area contributed by atoms with Crippen LogP contribution in [0.3, 0.4) is 0 Å². The smallest absolute Gasteiger partial charge is 0.377 e. The van der Waals surface area contributed by atoms with Gasteiger partial charge in [-0.05, 0) is 33.6 Å². The van der Waals surface area contributed by atoms with E-state index in [9.17, 15) is 8.42 Å². The second-order valence-electron chi connectivity index (χ2n) is 7.70. The van der Waals surface area contributed by atoms with Crippen molar-refractivity contribution in [1.29, 1.82) is 0 Å². The summed E-state index contributed by atoms with van der Waals surface area (Å²) in [5.41, 5.74) is 0. The fourth-order valence-corrected chi connectivity index (χ4v) is 6.21. The molecule has 5 atom stereocenters. The molecule has 0 saturated carbocycles. The highest BCUT2D eigenvalue weighted by atomic mass is 32.2. The van der Waals surface area contributed by atoms with Gasteiger partial charge in [-0.1, -0.05) is 26.7 Å². The van der Waals surface area contributed by atoms with Crippen molar-refractivity contribution in [1.82, 2.24) is 0 Å². The van der Waals surface area contributed by atoms with Crippen LogP contribution in [0.2, 0.25) is 0 Å². The first-order chi connectivity index (χ1) is 13.5. The number of hydrogen-bond acceptors (Lipinski definition) is 7. The van der Waals surface area contributed by atoms with Gasteiger partial charge in [0.2, 0.25) is 0 Å². The minimum Gasteiger partial charge on any atom is -0.377 e. The fraction of sp³-hybridized carbons (Fsp3) is 1.00. The molecule has 29 heavy (non-hydrogen) atoms. The molecule has 0 bridgehead atoms. The molecule has 2 radical (unpaired) electrons. The number of methoxy groups -OCH3 is 1. The van der Waals surface area contributed by atoms with Gasteiger partial charge < -0.3 is 14.2 Å². The van der Waals surface area contributed by atoms with E-state index in [0.29, 0.717) is 0 Å². The highest BCUT2D eigenvalue weighted by molar-refractivity contribution is 7.92. The molecule has 11 heteroatoms. The van der Waals surface area contributed by atoms with Crippen molar-refractivity contribution in [3.05, 3.63) is 0 Å². The largest absolute Gasteiger partial charge is 0.577 e. The number of nitrogens with zero attached hydrogens (tertiary/aromatic N) is 1. The monoisotopic (exact) mass is 452 g/mol. The number of ether oxygens (including phenoxy) is 3. The molecule has 0 aromatic carbocycles. The van der Waals surface area contributed by atoms with E-state index in [2.05, 4.69) is 4.15 Å². The average molecular weight is 452 g/mol. The highest BCUT2D eigenvalue weighted by Crippen LogP contribution is 2.39. The first kappa shape index (κ1) is 26.9. The molecule has 0 amide bonds. The van der Waals surface area contributed by atoms with Gasteiger partial charge in [-0.25, -0.2) is 8.42 Å². The summed E-state index contributed by atoms with van der Waals surface area (Å²) in [6.45, 7) is 11.6. The van der Waals surface area contributed by atoms with Crippen molar-refractivity contribution in [2.24, 2.45) is 10.1 Å². The summed E-state index contributed by atoms with van der Waals surface area (Å²) in [6, 6.07) is -0.720. The summed E-state index contributed by atoms with van der Waals surface area (Å²) in [4.78, 5) is 0. The van der Waals surface area contributed by atoms with Gasteiger partial charge in [-0.2, -0.15) is 0 Å². The molecule has 0 aromatic rings. The molecule has 1 fully saturated rings.